The molecular weight excluding hydrogens is 1270 g/mol. The fourth-order valence-electron chi connectivity index (χ4n) is 4.83. The van der Waals surface area contributed by atoms with Crippen LogP contribution in [0.2, 0.25) is 0 Å². The van der Waals surface area contributed by atoms with Crippen LogP contribution in [0.3, 0.4) is 0 Å². The van der Waals surface area contributed by atoms with E-state index in [0.29, 0.717) is 0 Å². The second kappa shape index (κ2) is 11.9. The van der Waals surface area contributed by atoms with Crippen molar-refractivity contribution < 1.29 is 0 Å². The Hall–Kier alpha value is 2.64. The molecule has 0 fully saturated rings. The van der Waals surface area contributed by atoms with Crippen LogP contribution in [-0.2, 0) is 0 Å². The maximum absolute atomic E-state index is 4.26. The summed E-state index contributed by atoms with van der Waals surface area (Å²) in [7, 11) is 0. The van der Waals surface area contributed by atoms with Crippen molar-refractivity contribution in [2.45, 2.75) is 8.65 Å². The molecule has 0 aliphatic heterocycles. The summed E-state index contributed by atoms with van der Waals surface area (Å²) in [5.74, 6) is 0. The van der Waals surface area contributed by atoms with Gasteiger partial charge in [-0.05, 0) is 70.9 Å². The Morgan fingerprint density at radius 3 is 1.03 bits per heavy atom. The van der Waals surface area contributed by atoms with Gasteiger partial charge in [-0.1, -0.05) is 191 Å². The van der Waals surface area contributed by atoms with Crippen LogP contribution in [0.25, 0.3) is 11.1 Å². The highest BCUT2D eigenvalue weighted by Gasteiger charge is 2.59. The third-order valence-electron chi connectivity index (χ3n) is 6.20. The number of fused-ring (bicyclic) bond motifs is 3. The van der Waals surface area contributed by atoms with Crippen LogP contribution in [0, 0.1) is 0 Å². The van der Waals surface area contributed by atoms with Gasteiger partial charge in [0, 0.05) is 55.9 Å². The van der Waals surface area contributed by atoms with Crippen molar-refractivity contribution >= 4 is 202 Å². The highest BCUT2D eigenvalue weighted by atomic mass is 79.9. The predicted molar refractivity (Wildman–Crippen MR) is 204 cm³/mol. The first-order valence-electron chi connectivity index (χ1n) is 10.4. The highest BCUT2D eigenvalue weighted by molar-refractivity contribution is 9.14. The molecular formula is C26H8Br12. The second-order valence-corrected chi connectivity index (χ2v) is 19.7. The van der Waals surface area contributed by atoms with Gasteiger partial charge in [-0.3, -0.25) is 0 Å². The fourth-order valence-corrected chi connectivity index (χ4v) is 16.5. The largest absolute Gasteiger partial charge is 0.0946 e. The molecule has 0 radical (unpaired) electrons. The first-order valence-corrected chi connectivity index (χ1v) is 19.9. The summed E-state index contributed by atoms with van der Waals surface area (Å²) in [5, 5.41) is 0. The minimum absolute atomic E-state index is 0.687. The zero-order valence-electron chi connectivity index (χ0n) is 18.2. The molecule has 0 N–H and O–H groups in total. The van der Waals surface area contributed by atoms with E-state index in [1.54, 1.807) is 0 Å². The van der Waals surface area contributed by atoms with Gasteiger partial charge in [-0.15, -0.1) is 0 Å². The lowest BCUT2D eigenvalue weighted by Crippen LogP contribution is -2.50. The van der Waals surface area contributed by atoms with E-state index >= 15 is 0 Å². The molecule has 2 unspecified atom stereocenters. The molecule has 12 heteroatoms. The SMILES string of the molecule is BrC1=CC2(Br)C(=C(c3c(Br)cc(Br)cc3Br)C(c3c(Br)cc(Br)cc3Br)=C3C(Br)=CC(Br)=CC32Br)C(Br)=C1. The molecule has 196 valence electrons. The zero-order valence-corrected chi connectivity index (χ0v) is 37.2. The predicted octanol–water partition coefficient (Wildman–Crippen LogP) is 14.9. The van der Waals surface area contributed by atoms with Crippen molar-refractivity contribution in [2.75, 3.05) is 0 Å². The minimum atomic E-state index is -0.687. The van der Waals surface area contributed by atoms with Crippen LogP contribution < -0.4 is 0 Å². The molecule has 38 heavy (non-hydrogen) atoms. The van der Waals surface area contributed by atoms with Crippen molar-refractivity contribution in [1.82, 2.24) is 0 Å². The third-order valence-corrected chi connectivity index (χ3v) is 14.8. The van der Waals surface area contributed by atoms with Crippen LogP contribution >= 0.6 is 191 Å². The summed E-state index contributed by atoms with van der Waals surface area (Å²) in [6.07, 6.45) is 8.58. The monoisotopic (exact) mass is 1270 g/mol. The fraction of sp³-hybridized carbons (Fsp3) is 0.0769. The highest BCUT2D eigenvalue weighted by Crippen LogP contribution is 2.68. The molecule has 5 rings (SSSR count). The molecule has 0 spiro atoms. The van der Waals surface area contributed by atoms with E-state index in [9.17, 15) is 0 Å². The minimum Gasteiger partial charge on any atom is -0.0731 e. The van der Waals surface area contributed by atoms with Gasteiger partial charge in [0.2, 0.25) is 0 Å². The Balaban J connectivity index is 2.10. The molecule has 3 aliphatic carbocycles. The average molecular weight is 1280 g/mol. The van der Waals surface area contributed by atoms with E-state index in [-0.39, 0.29) is 0 Å². The van der Waals surface area contributed by atoms with Crippen LogP contribution in [0.15, 0.2) is 104 Å². The molecule has 0 heterocycles. The quantitative estimate of drug-likeness (QED) is 0.263. The second-order valence-electron chi connectivity index (χ2n) is 8.46. The van der Waals surface area contributed by atoms with E-state index < -0.39 is 8.65 Å². The lowest BCUT2D eigenvalue weighted by molar-refractivity contribution is 0.738. The molecule has 0 bridgehead atoms. The lowest BCUT2D eigenvalue weighted by atomic mass is 9.66. The van der Waals surface area contributed by atoms with Crippen molar-refractivity contribution in [2.24, 2.45) is 0 Å². The van der Waals surface area contributed by atoms with Gasteiger partial charge in [-0.2, -0.15) is 0 Å². The summed E-state index contributed by atoms with van der Waals surface area (Å²) in [6.45, 7) is 0. The van der Waals surface area contributed by atoms with Gasteiger partial charge >= 0.3 is 0 Å². The van der Waals surface area contributed by atoms with Crippen LogP contribution in [0.1, 0.15) is 11.1 Å². The van der Waals surface area contributed by atoms with E-state index in [1.807, 2.05) is 0 Å². The Kier molecular flexibility index (Phi) is 10.0. The summed E-state index contributed by atoms with van der Waals surface area (Å²) >= 11 is 46.8. The number of hydrogen-bond acceptors (Lipinski definition) is 0. The Morgan fingerprint density at radius 2 is 0.737 bits per heavy atom. The number of benzene rings is 2. The Morgan fingerprint density at radius 1 is 0.447 bits per heavy atom. The average Bonchev–Trinajstić information content (AvgIpc) is 2.73. The van der Waals surface area contributed by atoms with Gasteiger partial charge in [-0.25, -0.2) is 0 Å². The van der Waals surface area contributed by atoms with E-state index in [2.05, 4.69) is 240 Å². The Labute approximate surface area is 321 Å². The molecule has 2 atom stereocenters. The number of allylic oxidation sites excluding steroid dienone is 12. The number of rotatable bonds is 2. The smallest absolute Gasteiger partial charge is 0.0731 e. The van der Waals surface area contributed by atoms with Gasteiger partial charge in [0.15, 0.2) is 0 Å². The van der Waals surface area contributed by atoms with Gasteiger partial charge in [0.05, 0.1) is 8.65 Å². The Bertz CT molecular complexity index is 1470. The topological polar surface area (TPSA) is 0 Å². The van der Waals surface area contributed by atoms with Gasteiger partial charge in [0.25, 0.3) is 0 Å². The lowest BCUT2D eigenvalue weighted by Gasteiger charge is -2.51. The molecule has 0 aromatic heterocycles. The van der Waals surface area contributed by atoms with E-state index in [4.69, 9.17) is 0 Å². The van der Waals surface area contributed by atoms with Crippen molar-refractivity contribution in [3.8, 4) is 0 Å². The summed E-state index contributed by atoms with van der Waals surface area (Å²) in [5.41, 5.74) is 6.30. The van der Waals surface area contributed by atoms with Gasteiger partial charge < -0.3 is 0 Å². The first kappa shape index (κ1) is 32.0. The van der Waals surface area contributed by atoms with Crippen LogP contribution in [0.4, 0.5) is 0 Å². The molecule has 2 aromatic carbocycles. The van der Waals surface area contributed by atoms with Crippen LogP contribution in [0.5, 0.6) is 0 Å². The molecule has 2 aromatic rings. The summed E-state index contributed by atoms with van der Waals surface area (Å²) in [4.78, 5) is 0. The standard InChI is InChI=1S/C26H8Br12/c27-9-1-13(31)19(14(32)2-9)21-22(20-15(33)3-10(28)4-16(20)34)24-18(36)6-12(30)8-26(24,38)25(37)7-11(29)5-17(35)23(21)25/h1-8H. The third kappa shape index (κ3) is 5.30. The molecule has 0 saturated heterocycles. The van der Waals surface area contributed by atoms with Crippen LogP contribution in [-0.4, -0.2) is 8.65 Å². The van der Waals surface area contributed by atoms with Gasteiger partial charge in [0.1, 0.15) is 0 Å². The number of halogens is 12. The zero-order chi connectivity index (χ0) is 27.9. The van der Waals surface area contributed by atoms with Crippen molar-refractivity contribution in [3.63, 3.8) is 0 Å². The van der Waals surface area contributed by atoms with Crippen molar-refractivity contribution in [3.05, 3.63) is 116 Å². The molecule has 0 saturated carbocycles. The first-order chi connectivity index (χ1) is 17.7. The molecule has 3 aliphatic rings. The summed E-state index contributed by atoms with van der Waals surface area (Å²) < 4.78 is 8.17. The molecule has 0 amide bonds. The summed E-state index contributed by atoms with van der Waals surface area (Å²) in [6, 6.07) is 8.29. The van der Waals surface area contributed by atoms with E-state index in [1.165, 1.54) is 0 Å². The number of hydrogen-bond donors (Lipinski definition) is 0. The van der Waals surface area contributed by atoms with E-state index in [0.717, 1.165) is 78.2 Å². The van der Waals surface area contributed by atoms with Crippen molar-refractivity contribution in [1.29, 1.82) is 0 Å². The normalized spacial score (nSPS) is 24.9. The molecule has 0 nitrogen and oxygen atoms in total. The maximum Gasteiger partial charge on any atom is 0.0946 e. The number of alkyl halides is 2. The maximum atomic E-state index is 4.26.